The van der Waals surface area contributed by atoms with Crippen LogP contribution in [-0.4, -0.2) is 32.8 Å². The second-order valence-corrected chi connectivity index (χ2v) is 7.60. The molecule has 0 aromatic heterocycles. The molecule has 1 aliphatic carbocycles. The van der Waals surface area contributed by atoms with Crippen LogP contribution >= 0.6 is 11.6 Å². The van der Waals surface area contributed by atoms with Crippen LogP contribution in [0, 0.1) is 11.8 Å². The van der Waals surface area contributed by atoms with Crippen LogP contribution in [0.15, 0.2) is 48.3 Å². The van der Waals surface area contributed by atoms with Crippen molar-refractivity contribution in [2.45, 2.75) is 18.9 Å². The number of hydrogen-bond acceptors (Lipinski definition) is 4. The number of methoxy groups -OCH3 is 1. The molecule has 5 heteroatoms. The minimum absolute atomic E-state index is 0.404. The third-order valence-corrected chi connectivity index (χ3v) is 5.81. The van der Waals surface area contributed by atoms with Gasteiger partial charge in [-0.2, -0.15) is 0 Å². The number of benzene rings is 1. The first-order valence-corrected chi connectivity index (χ1v) is 9.77. The molecular formula is C21H26ClN3O. The zero-order valence-corrected chi connectivity index (χ0v) is 15.9. The summed E-state index contributed by atoms with van der Waals surface area (Å²) in [6.07, 6.45) is 11.3. The molecule has 3 aliphatic rings. The van der Waals surface area contributed by atoms with E-state index in [-0.39, 0.29) is 0 Å². The number of allylic oxidation sites excluding steroid dienone is 4. The van der Waals surface area contributed by atoms with Crippen molar-refractivity contribution in [2.75, 3.05) is 26.7 Å². The van der Waals surface area contributed by atoms with Gasteiger partial charge >= 0.3 is 0 Å². The van der Waals surface area contributed by atoms with E-state index in [4.69, 9.17) is 16.3 Å². The molecule has 1 aromatic carbocycles. The maximum absolute atomic E-state index is 6.36. The number of rotatable bonds is 4. The molecule has 0 amide bonds. The van der Waals surface area contributed by atoms with Crippen LogP contribution in [0.4, 0.5) is 0 Å². The summed E-state index contributed by atoms with van der Waals surface area (Å²) in [5.74, 6) is 1.58. The molecule has 0 radical (unpaired) electrons. The first-order chi connectivity index (χ1) is 12.7. The summed E-state index contributed by atoms with van der Waals surface area (Å²) in [4.78, 5) is 0. The summed E-state index contributed by atoms with van der Waals surface area (Å²) in [5.41, 5.74) is 3.69. The van der Waals surface area contributed by atoms with Gasteiger partial charge < -0.3 is 20.7 Å². The third-order valence-electron chi connectivity index (χ3n) is 5.52. The molecule has 2 aliphatic heterocycles. The molecule has 2 heterocycles. The minimum atomic E-state index is 0.404. The van der Waals surface area contributed by atoms with E-state index < -0.39 is 0 Å². The van der Waals surface area contributed by atoms with E-state index in [1.54, 1.807) is 7.11 Å². The highest BCUT2D eigenvalue weighted by molar-refractivity contribution is 6.32. The number of hydrogen-bond donors (Lipinski definition) is 3. The van der Waals surface area contributed by atoms with Crippen molar-refractivity contribution in [1.29, 1.82) is 0 Å². The Balaban J connectivity index is 1.64. The normalized spacial score (nSPS) is 25.6. The largest absolute Gasteiger partial charge is 0.495 e. The molecule has 4 rings (SSSR count). The molecule has 1 fully saturated rings. The van der Waals surface area contributed by atoms with E-state index in [0.29, 0.717) is 28.6 Å². The lowest BCUT2D eigenvalue weighted by Gasteiger charge is -2.36. The van der Waals surface area contributed by atoms with Crippen molar-refractivity contribution in [3.63, 3.8) is 0 Å². The van der Waals surface area contributed by atoms with Crippen LogP contribution in [0.5, 0.6) is 5.75 Å². The quantitative estimate of drug-likeness (QED) is 0.759. The molecule has 0 spiro atoms. The second-order valence-electron chi connectivity index (χ2n) is 7.19. The van der Waals surface area contributed by atoms with E-state index in [1.165, 1.54) is 24.1 Å². The van der Waals surface area contributed by atoms with E-state index in [2.05, 4.69) is 46.4 Å². The van der Waals surface area contributed by atoms with Gasteiger partial charge in [-0.05, 0) is 61.5 Å². The molecule has 4 nitrogen and oxygen atoms in total. The van der Waals surface area contributed by atoms with Gasteiger partial charge in [0.1, 0.15) is 5.75 Å². The Bertz CT molecular complexity index is 750. The summed E-state index contributed by atoms with van der Waals surface area (Å²) in [5, 5.41) is 11.3. The smallest absolute Gasteiger partial charge is 0.137 e. The maximum atomic E-state index is 6.36. The minimum Gasteiger partial charge on any atom is -0.495 e. The van der Waals surface area contributed by atoms with Gasteiger partial charge in [-0.15, -0.1) is 0 Å². The number of fused-ring (bicyclic) bond motifs is 1. The van der Waals surface area contributed by atoms with Crippen molar-refractivity contribution in [3.8, 4) is 5.75 Å². The summed E-state index contributed by atoms with van der Waals surface area (Å²) in [7, 11) is 1.64. The Morgan fingerprint density at radius 2 is 2.08 bits per heavy atom. The fourth-order valence-electron chi connectivity index (χ4n) is 4.04. The molecule has 2 unspecified atom stereocenters. The Morgan fingerprint density at radius 3 is 2.85 bits per heavy atom. The molecule has 2 atom stereocenters. The summed E-state index contributed by atoms with van der Waals surface area (Å²) in [6, 6.07) is 6.57. The fraction of sp³-hybridized carbons (Fsp3) is 0.429. The van der Waals surface area contributed by atoms with Gasteiger partial charge in [-0.3, -0.25) is 0 Å². The third kappa shape index (κ3) is 3.62. The van der Waals surface area contributed by atoms with Crippen LogP contribution in [0.2, 0.25) is 5.02 Å². The standard InChI is InChI=1S/C21H26ClN3O/c1-26-21-3-2-14(11-19(21)22)16-10-15-4-7-24-13-18(15)20(12-16)25-17-5-8-23-9-6-17/h2-4,7,10-12,15,17-18,23-25H,5-6,8-9,13H2,1H3. The SMILES string of the molecule is COc1ccc(C2=CC3C=CNCC3C(NC3CCNCC3)=C2)cc1Cl. The van der Waals surface area contributed by atoms with E-state index in [0.717, 1.165) is 25.2 Å². The topological polar surface area (TPSA) is 45.3 Å². The van der Waals surface area contributed by atoms with Crippen molar-refractivity contribution >= 4 is 17.2 Å². The van der Waals surface area contributed by atoms with Crippen LogP contribution < -0.4 is 20.7 Å². The van der Waals surface area contributed by atoms with E-state index in [9.17, 15) is 0 Å². The zero-order valence-electron chi connectivity index (χ0n) is 15.1. The lowest BCUT2D eigenvalue weighted by molar-refractivity contribution is 0.372. The molecule has 1 aromatic rings. The second kappa shape index (κ2) is 7.77. The first kappa shape index (κ1) is 17.5. The lowest BCUT2D eigenvalue weighted by Crippen LogP contribution is -2.44. The van der Waals surface area contributed by atoms with Gasteiger partial charge in [-0.1, -0.05) is 29.8 Å². The Labute approximate surface area is 160 Å². The highest BCUT2D eigenvalue weighted by Gasteiger charge is 2.29. The average molecular weight is 372 g/mol. The van der Waals surface area contributed by atoms with Crippen molar-refractivity contribution in [1.82, 2.24) is 16.0 Å². The molecule has 3 N–H and O–H groups in total. The van der Waals surface area contributed by atoms with Crippen LogP contribution in [0.25, 0.3) is 5.57 Å². The van der Waals surface area contributed by atoms with Gasteiger partial charge in [-0.25, -0.2) is 0 Å². The van der Waals surface area contributed by atoms with Crippen molar-refractivity contribution < 1.29 is 4.74 Å². The van der Waals surface area contributed by atoms with E-state index in [1.807, 2.05) is 12.1 Å². The summed E-state index contributed by atoms with van der Waals surface area (Å²) < 4.78 is 5.29. The first-order valence-electron chi connectivity index (χ1n) is 9.39. The van der Waals surface area contributed by atoms with Crippen molar-refractivity contribution in [3.05, 3.63) is 58.9 Å². The van der Waals surface area contributed by atoms with Crippen molar-refractivity contribution in [2.24, 2.45) is 11.8 Å². The lowest BCUT2D eigenvalue weighted by atomic mass is 9.79. The van der Waals surface area contributed by atoms with Crippen LogP contribution in [-0.2, 0) is 0 Å². The summed E-state index contributed by atoms with van der Waals surface area (Å²) in [6.45, 7) is 3.15. The molecular weight excluding hydrogens is 346 g/mol. The van der Waals surface area contributed by atoms with Gasteiger partial charge in [0.2, 0.25) is 0 Å². The van der Waals surface area contributed by atoms with Crippen LogP contribution in [0.1, 0.15) is 18.4 Å². The monoisotopic (exact) mass is 371 g/mol. The zero-order chi connectivity index (χ0) is 17.9. The number of halogens is 1. The highest BCUT2D eigenvalue weighted by atomic mass is 35.5. The summed E-state index contributed by atoms with van der Waals surface area (Å²) >= 11 is 6.36. The molecule has 0 saturated carbocycles. The highest BCUT2D eigenvalue weighted by Crippen LogP contribution is 2.36. The number of ether oxygens (including phenoxy) is 1. The molecule has 138 valence electrons. The van der Waals surface area contributed by atoms with Gasteiger partial charge in [0.25, 0.3) is 0 Å². The predicted molar refractivity (Wildman–Crippen MR) is 107 cm³/mol. The van der Waals surface area contributed by atoms with E-state index >= 15 is 0 Å². The average Bonchev–Trinajstić information content (AvgIpc) is 2.68. The maximum Gasteiger partial charge on any atom is 0.137 e. The Morgan fingerprint density at radius 1 is 1.23 bits per heavy atom. The Hall–Kier alpha value is -1.91. The fourth-order valence-corrected chi connectivity index (χ4v) is 4.30. The Kier molecular flexibility index (Phi) is 5.23. The molecule has 26 heavy (non-hydrogen) atoms. The predicted octanol–water partition coefficient (Wildman–Crippen LogP) is 3.32. The van der Waals surface area contributed by atoms with Gasteiger partial charge in [0.05, 0.1) is 12.1 Å². The molecule has 0 bridgehead atoms. The number of piperidine rings is 1. The molecule has 1 saturated heterocycles. The van der Waals surface area contributed by atoms with Gasteiger partial charge in [0, 0.05) is 30.1 Å². The van der Waals surface area contributed by atoms with Crippen LogP contribution in [0.3, 0.4) is 0 Å². The number of nitrogens with one attached hydrogen (secondary N) is 3. The van der Waals surface area contributed by atoms with Gasteiger partial charge in [0.15, 0.2) is 0 Å².